The number of rotatable bonds is 4. The Morgan fingerprint density at radius 3 is 2.46 bits per heavy atom. The predicted octanol–water partition coefficient (Wildman–Crippen LogP) is 6.27. The lowest BCUT2D eigenvalue weighted by Crippen LogP contribution is -2.37. The van der Waals surface area contributed by atoms with Gasteiger partial charge in [-0.1, -0.05) is 0 Å². The van der Waals surface area contributed by atoms with E-state index < -0.39 is 29.1 Å². The molecule has 194 valence electrons. The van der Waals surface area contributed by atoms with Gasteiger partial charge in [0.1, 0.15) is 5.52 Å². The van der Waals surface area contributed by atoms with Gasteiger partial charge in [0.25, 0.3) is 0 Å². The number of carboxylic acids is 1. The first kappa shape index (κ1) is 24.0. The number of fused-ring (bicyclic) bond motifs is 2. The predicted molar refractivity (Wildman–Crippen MR) is 128 cm³/mol. The Morgan fingerprint density at radius 2 is 1.78 bits per heavy atom. The summed E-state index contributed by atoms with van der Waals surface area (Å²) in [5, 5.41) is 16.9. The van der Waals surface area contributed by atoms with E-state index in [-0.39, 0.29) is 43.0 Å². The Morgan fingerprint density at radius 1 is 1.05 bits per heavy atom. The number of ether oxygens (including phenoxy) is 1. The molecule has 0 bridgehead atoms. The third kappa shape index (κ3) is 3.80. The largest absolute Gasteiger partial charge is 0.479 e. The summed E-state index contributed by atoms with van der Waals surface area (Å²) in [7, 11) is 0. The van der Waals surface area contributed by atoms with Gasteiger partial charge in [-0.05, 0) is 68.2 Å². The minimum absolute atomic E-state index is 0.0725. The number of H-pyrrole nitrogens is 1. The first-order valence-corrected chi connectivity index (χ1v) is 12.4. The number of nitrogens with zero attached hydrogens (tertiary/aromatic N) is 2. The average Bonchev–Trinajstić information content (AvgIpc) is 3.50. The van der Waals surface area contributed by atoms with E-state index in [0.717, 1.165) is 17.8 Å². The third-order valence-electron chi connectivity index (χ3n) is 8.02. The maximum Gasteiger partial charge on any atom is 0.341 e. The fraction of sp³-hybridized carbons (Fsp3) is 0.407. The second-order valence-electron chi connectivity index (χ2n) is 10.1. The van der Waals surface area contributed by atoms with Crippen LogP contribution >= 0.6 is 0 Å². The summed E-state index contributed by atoms with van der Waals surface area (Å²) in [4.78, 5) is 11.5. The van der Waals surface area contributed by atoms with Gasteiger partial charge in [0.15, 0.2) is 17.5 Å². The highest BCUT2D eigenvalue weighted by atomic mass is 19.2. The fourth-order valence-corrected chi connectivity index (χ4v) is 6.12. The first-order valence-electron chi connectivity index (χ1n) is 12.4. The van der Waals surface area contributed by atoms with Crippen LogP contribution in [-0.4, -0.2) is 44.7 Å². The monoisotopic (exact) mass is 515 g/mol. The molecular formula is C27H25F4N3O3. The van der Waals surface area contributed by atoms with E-state index in [4.69, 9.17) is 4.74 Å². The lowest BCUT2D eigenvalue weighted by atomic mass is 9.75. The number of nitrogens with one attached hydrogen (secondary N) is 1. The van der Waals surface area contributed by atoms with Crippen LogP contribution in [-0.2, 0) is 9.53 Å². The molecule has 0 spiro atoms. The van der Waals surface area contributed by atoms with Crippen molar-refractivity contribution in [2.24, 2.45) is 0 Å². The Hall–Kier alpha value is -3.40. The second-order valence-corrected chi connectivity index (χ2v) is 10.1. The molecule has 0 radical (unpaired) electrons. The summed E-state index contributed by atoms with van der Waals surface area (Å²) < 4.78 is 66.9. The number of carbonyl (C=O) groups is 1. The normalized spacial score (nSPS) is 23.2. The molecule has 2 aromatic heterocycles. The van der Waals surface area contributed by atoms with E-state index in [0.29, 0.717) is 53.6 Å². The highest BCUT2D eigenvalue weighted by Gasteiger charge is 2.44. The average molecular weight is 516 g/mol. The van der Waals surface area contributed by atoms with Gasteiger partial charge in [-0.3, -0.25) is 5.10 Å². The van der Waals surface area contributed by atoms with Crippen molar-refractivity contribution in [2.75, 3.05) is 13.2 Å². The van der Waals surface area contributed by atoms with Crippen molar-refractivity contribution in [3.05, 3.63) is 59.2 Å². The van der Waals surface area contributed by atoms with Crippen LogP contribution in [0.4, 0.5) is 17.6 Å². The molecule has 2 aliphatic rings. The second kappa shape index (κ2) is 8.86. The van der Waals surface area contributed by atoms with Crippen molar-refractivity contribution in [1.82, 2.24) is 14.8 Å². The molecule has 0 atom stereocenters. The quantitative estimate of drug-likeness (QED) is 0.314. The van der Waals surface area contributed by atoms with E-state index in [1.165, 1.54) is 12.3 Å². The van der Waals surface area contributed by atoms with Crippen LogP contribution in [0, 0.1) is 17.5 Å². The van der Waals surface area contributed by atoms with Crippen LogP contribution in [0.1, 0.15) is 61.6 Å². The highest BCUT2D eigenvalue weighted by Crippen LogP contribution is 2.49. The molecular weight excluding hydrogens is 490 g/mol. The number of aliphatic carboxylic acids is 1. The van der Waals surface area contributed by atoms with Crippen LogP contribution in [0.5, 0.6) is 0 Å². The number of hydrogen-bond acceptors (Lipinski definition) is 3. The molecule has 1 aliphatic carbocycles. The summed E-state index contributed by atoms with van der Waals surface area (Å²) >= 11 is 0. The topological polar surface area (TPSA) is 80.1 Å². The molecule has 1 aliphatic heterocycles. The van der Waals surface area contributed by atoms with E-state index >= 15 is 4.39 Å². The van der Waals surface area contributed by atoms with Crippen molar-refractivity contribution in [3.63, 3.8) is 0 Å². The van der Waals surface area contributed by atoms with Gasteiger partial charge in [0.05, 0.1) is 11.7 Å². The van der Waals surface area contributed by atoms with Crippen molar-refractivity contribution in [3.8, 4) is 5.69 Å². The van der Waals surface area contributed by atoms with Crippen LogP contribution in [0.25, 0.3) is 27.5 Å². The molecule has 2 fully saturated rings. The van der Waals surface area contributed by atoms with Gasteiger partial charge in [-0.2, -0.15) is 5.10 Å². The smallest absolute Gasteiger partial charge is 0.341 e. The molecule has 1 saturated carbocycles. The molecule has 10 heteroatoms. The molecule has 2 N–H and O–H groups in total. The van der Waals surface area contributed by atoms with Crippen LogP contribution < -0.4 is 0 Å². The molecule has 0 amide bonds. The SMILES string of the molecule is O=C(O)C1(F)CCC(c2c(C3CCOCC3)n(-c3ccc(F)c(F)c3)c3cc4cn[nH]c4c(F)c23)CC1. The van der Waals surface area contributed by atoms with Crippen molar-refractivity contribution < 1.29 is 32.2 Å². The fourth-order valence-electron chi connectivity index (χ4n) is 6.12. The van der Waals surface area contributed by atoms with E-state index in [1.807, 2.05) is 0 Å². The van der Waals surface area contributed by atoms with Crippen LogP contribution in [0.3, 0.4) is 0 Å². The van der Waals surface area contributed by atoms with Gasteiger partial charge in [0.2, 0.25) is 5.67 Å². The molecule has 37 heavy (non-hydrogen) atoms. The minimum Gasteiger partial charge on any atom is -0.479 e. The van der Waals surface area contributed by atoms with E-state index in [9.17, 15) is 23.1 Å². The molecule has 4 aromatic rings. The summed E-state index contributed by atoms with van der Waals surface area (Å²) in [6, 6.07) is 5.36. The molecule has 2 aromatic carbocycles. The molecule has 6 rings (SSSR count). The molecule has 6 nitrogen and oxygen atoms in total. The van der Waals surface area contributed by atoms with Gasteiger partial charge in [-0.25, -0.2) is 22.4 Å². The zero-order chi connectivity index (χ0) is 25.9. The number of halogens is 4. The highest BCUT2D eigenvalue weighted by molar-refractivity contribution is 6.00. The Bertz CT molecular complexity index is 1510. The zero-order valence-corrected chi connectivity index (χ0v) is 19.9. The van der Waals surface area contributed by atoms with Crippen molar-refractivity contribution in [2.45, 2.75) is 56.0 Å². The summed E-state index contributed by atoms with van der Waals surface area (Å²) in [6.07, 6.45) is 2.84. The number of aromatic amines is 1. The Labute approximate surface area is 209 Å². The zero-order valence-electron chi connectivity index (χ0n) is 19.9. The van der Waals surface area contributed by atoms with Gasteiger partial charge in [-0.15, -0.1) is 0 Å². The number of hydrogen-bond donors (Lipinski definition) is 2. The van der Waals surface area contributed by atoms with Gasteiger partial charge >= 0.3 is 5.97 Å². The van der Waals surface area contributed by atoms with Crippen molar-refractivity contribution >= 4 is 27.8 Å². The van der Waals surface area contributed by atoms with Crippen LogP contribution in [0.2, 0.25) is 0 Å². The van der Waals surface area contributed by atoms with E-state index in [1.54, 1.807) is 10.6 Å². The maximum absolute atomic E-state index is 16.2. The number of benzene rings is 2. The Balaban J connectivity index is 1.65. The molecule has 0 unspecified atom stereocenters. The lowest BCUT2D eigenvalue weighted by Gasteiger charge is -2.33. The van der Waals surface area contributed by atoms with Gasteiger partial charge in [0, 0.05) is 47.4 Å². The Kier molecular flexibility index (Phi) is 5.74. The van der Waals surface area contributed by atoms with Crippen molar-refractivity contribution in [1.29, 1.82) is 0 Å². The first-order chi connectivity index (χ1) is 17.8. The van der Waals surface area contributed by atoms with Gasteiger partial charge < -0.3 is 14.4 Å². The molecule has 1 saturated heterocycles. The summed E-state index contributed by atoms with van der Waals surface area (Å²) in [6.45, 7) is 0.988. The minimum atomic E-state index is -2.32. The standard InChI is InChI=1S/C27H25F4N3O3/c28-18-2-1-17(12-19(18)29)34-20-11-16-13-32-33-24(16)23(30)22(20)21(25(34)15-5-9-37-10-6-15)14-3-7-27(31,8-4-14)26(35)36/h1-2,11-15H,3-10H2,(H,32,33)(H,35,36). The third-order valence-corrected chi connectivity index (χ3v) is 8.02. The molecule has 3 heterocycles. The number of alkyl halides is 1. The maximum atomic E-state index is 16.2. The number of carboxylic acid groups (broad SMARTS) is 1. The van der Waals surface area contributed by atoms with Crippen LogP contribution in [0.15, 0.2) is 30.5 Å². The van der Waals surface area contributed by atoms with E-state index in [2.05, 4.69) is 10.2 Å². The number of aromatic nitrogens is 3. The lowest BCUT2D eigenvalue weighted by molar-refractivity contribution is -0.153. The summed E-state index contributed by atoms with van der Waals surface area (Å²) in [5.74, 6) is -4.40. The summed E-state index contributed by atoms with van der Waals surface area (Å²) in [5.41, 5.74) is 0.159.